The molecule has 0 spiro atoms. The second kappa shape index (κ2) is 5.92. The molecule has 1 N–H and O–H groups in total. The highest BCUT2D eigenvalue weighted by Gasteiger charge is 2.25. The lowest BCUT2D eigenvalue weighted by Crippen LogP contribution is -2.28. The van der Waals surface area contributed by atoms with Crippen molar-refractivity contribution in [1.29, 1.82) is 0 Å². The molecule has 0 fully saturated rings. The maximum atomic E-state index is 13.2. The fourth-order valence-electron chi connectivity index (χ4n) is 1.25. The molecule has 0 saturated carbocycles. The van der Waals surface area contributed by atoms with E-state index >= 15 is 0 Å². The van der Waals surface area contributed by atoms with E-state index in [1.165, 1.54) is 14.1 Å². The molecule has 114 valence electrons. The largest absolute Gasteiger partial charge is 0.379 e. The molecule has 0 aliphatic rings. The number of nitrogens with one attached hydrogen (secondary N) is 1. The number of anilines is 1. The molecule has 20 heavy (non-hydrogen) atoms. The van der Waals surface area contributed by atoms with Crippen molar-refractivity contribution in [3.8, 4) is 0 Å². The van der Waals surface area contributed by atoms with Gasteiger partial charge in [0, 0.05) is 20.6 Å². The lowest BCUT2D eigenvalue weighted by Gasteiger charge is -2.13. The van der Waals surface area contributed by atoms with Crippen molar-refractivity contribution < 1.29 is 30.4 Å². The average molecular weight is 318 g/mol. The van der Waals surface area contributed by atoms with Gasteiger partial charge in [-0.15, -0.1) is 0 Å². The predicted octanol–water partition coefficient (Wildman–Crippen LogP) is 1.69. The molecular weight excluding hydrogens is 307 g/mol. The highest BCUT2D eigenvalue weighted by Crippen LogP contribution is 2.26. The quantitative estimate of drug-likeness (QED) is 0.511. The van der Waals surface area contributed by atoms with E-state index in [1.54, 1.807) is 0 Å². The van der Waals surface area contributed by atoms with Crippen LogP contribution >= 0.6 is 0 Å². The van der Waals surface area contributed by atoms with Crippen LogP contribution in [0.4, 0.5) is 27.6 Å². The molecule has 0 bridgehead atoms. The minimum atomic E-state index is -3.66. The minimum Gasteiger partial charge on any atom is -0.379 e. The molecule has 10 heteroatoms. The smallest absolute Gasteiger partial charge is 0.215 e. The second-order valence-corrected chi connectivity index (χ2v) is 6.27. The lowest BCUT2D eigenvalue weighted by molar-refractivity contribution is 0.381. The van der Waals surface area contributed by atoms with Gasteiger partial charge in [0.25, 0.3) is 0 Å². The summed E-state index contributed by atoms with van der Waals surface area (Å²) in [6.07, 6.45) is 0. The molecule has 1 aromatic rings. The molecule has 0 radical (unpaired) electrons. The Labute approximate surface area is 112 Å². The summed E-state index contributed by atoms with van der Waals surface area (Å²) in [4.78, 5) is 0. The topological polar surface area (TPSA) is 49.4 Å². The summed E-state index contributed by atoms with van der Waals surface area (Å²) in [6.45, 7) is -0.515. The Morgan fingerprint density at radius 2 is 1.30 bits per heavy atom. The van der Waals surface area contributed by atoms with Crippen LogP contribution in [0, 0.1) is 29.1 Å². The minimum absolute atomic E-state index is 0.515. The molecule has 0 saturated heterocycles. The first kappa shape index (κ1) is 16.6. The number of sulfonamides is 1. The van der Waals surface area contributed by atoms with Crippen LogP contribution in [0.1, 0.15) is 0 Å². The third kappa shape index (κ3) is 3.18. The van der Waals surface area contributed by atoms with E-state index in [2.05, 4.69) is 0 Å². The van der Waals surface area contributed by atoms with Gasteiger partial charge in [-0.1, -0.05) is 0 Å². The molecule has 0 amide bonds. The third-order valence-corrected chi connectivity index (χ3v) is 4.26. The zero-order chi connectivity index (χ0) is 15.7. The molecule has 0 unspecified atom stereocenters. The monoisotopic (exact) mass is 318 g/mol. The number of benzene rings is 1. The second-order valence-electron chi connectivity index (χ2n) is 3.97. The maximum Gasteiger partial charge on any atom is 0.215 e. The molecule has 1 aromatic carbocycles. The predicted molar refractivity (Wildman–Crippen MR) is 62.2 cm³/mol. The third-order valence-electron chi connectivity index (χ3n) is 2.43. The van der Waals surface area contributed by atoms with Gasteiger partial charge in [-0.2, -0.15) is 0 Å². The molecule has 0 aliphatic carbocycles. The average Bonchev–Trinajstić information content (AvgIpc) is 2.38. The van der Waals surface area contributed by atoms with Crippen molar-refractivity contribution >= 4 is 15.7 Å². The summed E-state index contributed by atoms with van der Waals surface area (Å²) in [6, 6.07) is 0. The maximum absolute atomic E-state index is 13.2. The van der Waals surface area contributed by atoms with Gasteiger partial charge in [0.05, 0.1) is 5.75 Å². The van der Waals surface area contributed by atoms with Crippen LogP contribution < -0.4 is 5.32 Å². The number of hydrogen-bond donors (Lipinski definition) is 1. The van der Waals surface area contributed by atoms with Gasteiger partial charge in [0.2, 0.25) is 15.8 Å². The molecular formula is C10H11F5N2O2S. The Hall–Kier alpha value is -1.42. The SMILES string of the molecule is CN(C)S(=O)(=O)CCNc1c(F)c(F)c(F)c(F)c1F. The number of rotatable bonds is 5. The van der Waals surface area contributed by atoms with E-state index < -0.39 is 57.1 Å². The lowest BCUT2D eigenvalue weighted by atomic mass is 10.2. The van der Waals surface area contributed by atoms with Crippen LogP contribution in [0.3, 0.4) is 0 Å². The molecule has 0 aromatic heterocycles. The summed E-state index contributed by atoms with van der Waals surface area (Å²) < 4.78 is 88.6. The summed E-state index contributed by atoms with van der Waals surface area (Å²) in [7, 11) is -1.17. The van der Waals surface area contributed by atoms with E-state index in [1.807, 2.05) is 5.32 Å². The Balaban J connectivity index is 2.96. The molecule has 0 atom stereocenters. The van der Waals surface area contributed by atoms with Crippen molar-refractivity contribution in [3.05, 3.63) is 29.1 Å². The van der Waals surface area contributed by atoms with Gasteiger partial charge < -0.3 is 5.32 Å². The summed E-state index contributed by atoms with van der Waals surface area (Å²) in [5.41, 5.74) is -1.25. The Bertz CT molecular complexity index is 590. The normalized spacial score (nSPS) is 12.0. The van der Waals surface area contributed by atoms with Crippen molar-refractivity contribution in [2.45, 2.75) is 0 Å². The first-order valence-electron chi connectivity index (χ1n) is 5.25. The summed E-state index contributed by atoms with van der Waals surface area (Å²) in [5, 5.41) is 1.90. The zero-order valence-corrected chi connectivity index (χ0v) is 11.3. The van der Waals surface area contributed by atoms with Gasteiger partial charge in [-0.25, -0.2) is 34.7 Å². The van der Waals surface area contributed by atoms with Gasteiger partial charge in [0.15, 0.2) is 23.3 Å². The van der Waals surface area contributed by atoms with Gasteiger partial charge in [-0.05, 0) is 0 Å². The molecule has 1 rings (SSSR count). The van der Waals surface area contributed by atoms with E-state index in [4.69, 9.17) is 0 Å². The highest BCUT2D eigenvalue weighted by atomic mass is 32.2. The Kier molecular flexibility index (Phi) is 4.92. The summed E-state index contributed by atoms with van der Waals surface area (Å²) >= 11 is 0. The fourth-order valence-corrected chi connectivity index (χ4v) is 1.97. The number of nitrogens with zero attached hydrogens (tertiary/aromatic N) is 1. The van der Waals surface area contributed by atoms with Gasteiger partial charge in [-0.3, -0.25) is 0 Å². The van der Waals surface area contributed by atoms with Crippen molar-refractivity contribution in [2.75, 3.05) is 31.7 Å². The van der Waals surface area contributed by atoms with E-state index in [-0.39, 0.29) is 0 Å². The first-order chi connectivity index (χ1) is 9.09. The Morgan fingerprint density at radius 3 is 1.70 bits per heavy atom. The standard InChI is InChI=1S/C10H11F5N2O2S/c1-17(2)20(18,19)4-3-16-10-8(14)6(12)5(11)7(13)9(10)15/h16H,3-4H2,1-2H3. The van der Waals surface area contributed by atoms with Gasteiger partial charge >= 0.3 is 0 Å². The highest BCUT2D eigenvalue weighted by molar-refractivity contribution is 7.89. The van der Waals surface area contributed by atoms with Crippen molar-refractivity contribution in [3.63, 3.8) is 0 Å². The zero-order valence-electron chi connectivity index (χ0n) is 10.5. The van der Waals surface area contributed by atoms with Crippen LogP contribution in [0.25, 0.3) is 0 Å². The van der Waals surface area contributed by atoms with E-state index in [0.717, 1.165) is 4.31 Å². The molecule has 0 heterocycles. The van der Waals surface area contributed by atoms with Gasteiger partial charge in [0.1, 0.15) is 5.69 Å². The van der Waals surface area contributed by atoms with Crippen molar-refractivity contribution in [2.24, 2.45) is 0 Å². The number of hydrogen-bond acceptors (Lipinski definition) is 3. The van der Waals surface area contributed by atoms with Crippen LogP contribution in [-0.4, -0.2) is 39.1 Å². The van der Waals surface area contributed by atoms with Crippen LogP contribution in [0.5, 0.6) is 0 Å². The Morgan fingerprint density at radius 1 is 0.900 bits per heavy atom. The van der Waals surface area contributed by atoms with Crippen LogP contribution in [0.15, 0.2) is 0 Å². The molecule has 4 nitrogen and oxygen atoms in total. The van der Waals surface area contributed by atoms with E-state index in [0.29, 0.717) is 0 Å². The molecule has 0 aliphatic heterocycles. The van der Waals surface area contributed by atoms with E-state index in [9.17, 15) is 30.4 Å². The van der Waals surface area contributed by atoms with Crippen molar-refractivity contribution in [1.82, 2.24) is 4.31 Å². The number of halogens is 5. The van der Waals surface area contributed by atoms with Crippen LogP contribution in [0.2, 0.25) is 0 Å². The first-order valence-corrected chi connectivity index (χ1v) is 6.86. The summed E-state index contributed by atoms with van der Waals surface area (Å²) in [5.74, 6) is -11.1. The van der Waals surface area contributed by atoms with Crippen LogP contribution in [-0.2, 0) is 10.0 Å². The fraction of sp³-hybridized carbons (Fsp3) is 0.400.